The molecule has 0 saturated carbocycles. The zero-order valence-corrected chi connectivity index (χ0v) is 12.4. The van der Waals surface area contributed by atoms with Crippen molar-refractivity contribution in [3.8, 4) is 0 Å². The Kier molecular flexibility index (Phi) is 4.77. The van der Waals surface area contributed by atoms with Crippen LogP contribution in [0.2, 0.25) is 0 Å². The zero-order valence-electron chi connectivity index (χ0n) is 11.5. The van der Waals surface area contributed by atoms with Gasteiger partial charge in [-0.25, -0.2) is 8.42 Å². The van der Waals surface area contributed by atoms with Gasteiger partial charge in [0.05, 0.1) is 19.0 Å². The van der Waals surface area contributed by atoms with Crippen molar-refractivity contribution in [2.75, 3.05) is 32.1 Å². The second-order valence-electron chi connectivity index (χ2n) is 5.01. The highest BCUT2D eigenvalue weighted by molar-refractivity contribution is 7.91. The average molecular weight is 297 g/mol. The Morgan fingerprint density at radius 3 is 2.40 bits per heavy atom. The van der Waals surface area contributed by atoms with E-state index in [0.29, 0.717) is 31.9 Å². The van der Waals surface area contributed by atoms with Gasteiger partial charge in [-0.3, -0.25) is 4.79 Å². The lowest BCUT2D eigenvalue weighted by atomic mass is 10.2. The summed E-state index contributed by atoms with van der Waals surface area (Å²) in [7, 11) is -3.43. The van der Waals surface area contributed by atoms with Gasteiger partial charge in [-0.2, -0.15) is 0 Å². The average Bonchev–Trinajstić information content (AvgIpc) is 2.41. The number of ether oxygens (including phenoxy) is 1. The van der Waals surface area contributed by atoms with E-state index in [1.165, 1.54) is 0 Å². The lowest BCUT2D eigenvalue weighted by Crippen LogP contribution is -2.43. The molecule has 0 spiro atoms. The summed E-state index contributed by atoms with van der Waals surface area (Å²) in [6.07, 6.45) is 0. The highest BCUT2D eigenvalue weighted by atomic mass is 32.2. The summed E-state index contributed by atoms with van der Waals surface area (Å²) in [4.78, 5) is 13.5. The van der Waals surface area contributed by atoms with Crippen molar-refractivity contribution in [1.29, 1.82) is 0 Å². The molecule has 0 N–H and O–H groups in total. The van der Waals surface area contributed by atoms with Crippen LogP contribution in [0.3, 0.4) is 0 Å². The number of carbonyl (C=O) groups excluding carboxylic acids is 1. The predicted octanol–water partition coefficient (Wildman–Crippen LogP) is 0.769. The summed E-state index contributed by atoms with van der Waals surface area (Å²) in [5.41, 5.74) is 1.79. The lowest BCUT2D eigenvalue weighted by Gasteiger charge is -2.26. The molecule has 1 fully saturated rings. The van der Waals surface area contributed by atoms with E-state index in [0.717, 1.165) is 5.56 Å². The van der Waals surface area contributed by atoms with Gasteiger partial charge in [-0.1, -0.05) is 29.8 Å². The molecule has 0 bridgehead atoms. The predicted molar refractivity (Wildman–Crippen MR) is 76.1 cm³/mol. The number of hydrogen-bond acceptors (Lipinski definition) is 4. The topological polar surface area (TPSA) is 63.7 Å². The molecular weight excluding hydrogens is 278 g/mol. The van der Waals surface area contributed by atoms with Gasteiger partial charge in [0.15, 0.2) is 9.84 Å². The van der Waals surface area contributed by atoms with Crippen molar-refractivity contribution >= 4 is 15.7 Å². The van der Waals surface area contributed by atoms with Crippen molar-refractivity contribution in [3.63, 3.8) is 0 Å². The van der Waals surface area contributed by atoms with E-state index >= 15 is 0 Å². The van der Waals surface area contributed by atoms with Gasteiger partial charge < -0.3 is 9.64 Å². The molecule has 20 heavy (non-hydrogen) atoms. The Labute approximate surface area is 119 Å². The summed E-state index contributed by atoms with van der Waals surface area (Å²) in [6, 6.07) is 7.31. The van der Waals surface area contributed by atoms with Crippen LogP contribution >= 0.6 is 0 Å². The standard InChI is InChI=1S/C14H19NO4S/c1-12-2-4-13(5-3-12)10-20(17,18)11-14(16)15-6-8-19-9-7-15/h2-5H,6-11H2,1H3. The number of hydrogen-bond donors (Lipinski definition) is 0. The van der Waals surface area contributed by atoms with E-state index in [9.17, 15) is 13.2 Å². The maximum atomic E-state index is 12.1. The molecule has 0 unspecified atom stereocenters. The van der Waals surface area contributed by atoms with Crippen LogP contribution in [0.15, 0.2) is 24.3 Å². The molecule has 6 heteroatoms. The lowest BCUT2D eigenvalue weighted by molar-refractivity contribution is -0.132. The third kappa shape index (κ3) is 4.31. The van der Waals surface area contributed by atoms with Crippen molar-refractivity contribution in [2.24, 2.45) is 0 Å². The largest absolute Gasteiger partial charge is 0.378 e. The molecule has 1 heterocycles. The summed E-state index contributed by atoms with van der Waals surface area (Å²) in [5.74, 6) is -0.857. The van der Waals surface area contributed by atoms with E-state index in [4.69, 9.17) is 4.74 Å². The van der Waals surface area contributed by atoms with Crippen LogP contribution in [0.4, 0.5) is 0 Å². The summed E-state index contributed by atoms with van der Waals surface area (Å²) >= 11 is 0. The van der Waals surface area contributed by atoms with Crippen molar-refractivity contribution in [2.45, 2.75) is 12.7 Å². The van der Waals surface area contributed by atoms with Crippen molar-refractivity contribution < 1.29 is 17.9 Å². The third-order valence-corrected chi connectivity index (χ3v) is 4.67. The van der Waals surface area contributed by atoms with Gasteiger partial charge in [-0.05, 0) is 12.5 Å². The summed E-state index contributed by atoms with van der Waals surface area (Å²) in [6.45, 7) is 3.84. The second kappa shape index (κ2) is 6.37. The second-order valence-corrected chi connectivity index (χ2v) is 7.08. The van der Waals surface area contributed by atoms with Crippen LogP contribution in [0.1, 0.15) is 11.1 Å². The first kappa shape index (κ1) is 15.0. The van der Waals surface area contributed by atoms with Gasteiger partial charge in [-0.15, -0.1) is 0 Å². The minimum atomic E-state index is -3.43. The third-order valence-electron chi connectivity index (χ3n) is 3.21. The molecule has 2 rings (SSSR count). The van der Waals surface area contributed by atoms with Crippen LogP contribution in [-0.2, 0) is 25.1 Å². The molecule has 110 valence electrons. The zero-order chi connectivity index (χ0) is 14.6. The fraction of sp³-hybridized carbons (Fsp3) is 0.500. The van der Waals surface area contributed by atoms with E-state index < -0.39 is 15.6 Å². The molecular formula is C14H19NO4S. The van der Waals surface area contributed by atoms with E-state index in [-0.39, 0.29) is 11.7 Å². The van der Waals surface area contributed by atoms with Gasteiger partial charge in [0, 0.05) is 13.1 Å². The number of nitrogens with zero attached hydrogens (tertiary/aromatic N) is 1. The minimum Gasteiger partial charge on any atom is -0.378 e. The van der Waals surface area contributed by atoms with E-state index in [1.54, 1.807) is 17.0 Å². The highest BCUT2D eigenvalue weighted by Crippen LogP contribution is 2.09. The Hall–Kier alpha value is -1.40. The molecule has 0 atom stereocenters. The number of carbonyl (C=O) groups is 1. The number of amides is 1. The van der Waals surface area contributed by atoms with Crippen LogP contribution in [0, 0.1) is 6.92 Å². The molecule has 1 saturated heterocycles. The molecule has 5 nitrogen and oxygen atoms in total. The van der Waals surface area contributed by atoms with Gasteiger partial charge >= 0.3 is 0 Å². The molecule has 1 amide bonds. The van der Waals surface area contributed by atoms with E-state index in [1.807, 2.05) is 19.1 Å². The van der Waals surface area contributed by atoms with Crippen LogP contribution in [-0.4, -0.2) is 51.3 Å². The first-order valence-electron chi connectivity index (χ1n) is 6.58. The Morgan fingerprint density at radius 2 is 1.80 bits per heavy atom. The molecule has 0 aromatic heterocycles. The van der Waals surface area contributed by atoms with Crippen LogP contribution in [0.25, 0.3) is 0 Å². The molecule has 1 aromatic carbocycles. The number of morpholine rings is 1. The number of benzene rings is 1. The van der Waals surface area contributed by atoms with Crippen LogP contribution < -0.4 is 0 Å². The van der Waals surface area contributed by atoms with E-state index in [2.05, 4.69) is 0 Å². The number of aryl methyl sites for hydroxylation is 1. The van der Waals surface area contributed by atoms with Gasteiger partial charge in [0.1, 0.15) is 5.75 Å². The number of sulfone groups is 1. The SMILES string of the molecule is Cc1ccc(CS(=O)(=O)CC(=O)N2CCOCC2)cc1. The van der Waals surface area contributed by atoms with Gasteiger partial charge in [0.25, 0.3) is 0 Å². The van der Waals surface area contributed by atoms with Crippen molar-refractivity contribution in [1.82, 2.24) is 4.90 Å². The highest BCUT2D eigenvalue weighted by Gasteiger charge is 2.23. The molecule has 0 aliphatic carbocycles. The normalized spacial score (nSPS) is 16.1. The fourth-order valence-electron chi connectivity index (χ4n) is 2.08. The van der Waals surface area contributed by atoms with Crippen LogP contribution in [0.5, 0.6) is 0 Å². The smallest absolute Gasteiger partial charge is 0.237 e. The molecule has 1 aliphatic heterocycles. The first-order valence-corrected chi connectivity index (χ1v) is 8.40. The Morgan fingerprint density at radius 1 is 1.20 bits per heavy atom. The maximum Gasteiger partial charge on any atom is 0.237 e. The fourth-order valence-corrected chi connectivity index (χ4v) is 3.44. The quantitative estimate of drug-likeness (QED) is 0.823. The maximum absolute atomic E-state index is 12.1. The Bertz CT molecular complexity index is 559. The van der Waals surface area contributed by atoms with Crippen molar-refractivity contribution in [3.05, 3.63) is 35.4 Å². The summed E-state index contributed by atoms with van der Waals surface area (Å²) in [5, 5.41) is 0. The number of rotatable bonds is 4. The monoisotopic (exact) mass is 297 g/mol. The molecule has 1 aromatic rings. The molecule has 1 aliphatic rings. The molecule has 0 radical (unpaired) electrons. The van der Waals surface area contributed by atoms with Gasteiger partial charge in [0.2, 0.25) is 5.91 Å². The summed E-state index contributed by atoms with van der Waals surface area (Å²) < 4.78 is 29.3. The minimum absolute atomic E-state index is 0.0939. The Balaban J connectivity index is 1.96. The first-order chi connectivity index (χ1) is 9.46.